The Morgan fingerprint density at radius 2 is 2.20 bits per heavy atom. The monoisotopic (exact) mass is 211 g/mol. The molecular formula is C10H13NO4. The van der Waals surface area contributed by atoms with Crippen LogP contribution in [0, 0.1) is 11.8 Å². The van der Waals surface area contributed by atoms with Crippen molar-refractivity contribution in [1.29, 1.82) is 0 Å². The van der Waals surface area contributed by atoms with Gasteiger partial charge in [0.25, 0.3) is 0 Å². The lowest BCUT2D eigenvalue weighted by Crippen LogP contribution is -2.43. The standard InChI is InChI=1S/C10H13NO4/c1-3-6-9(14-4(2)12)5-7(11-6)8(3)15-10(5)13/h3,5-9,11H,1-2H3/t3-,5?,6?,7?,8?,9?/m1/s1. The third-order valence-electron chi connectivity index (χ3n) is 3.74. The molecule has 3 fully saturated rings. The number of ether oxygens (including phenoxy) is 2. The second kappa shape index (κ2) is 2.72. The lowest BCUT2D eigenvalue weighted by Gasteiger charge is -2.26. The van der Waals surface area contributed by atoms with Crippen molar-refractivity contribution in [2.75, 3.05) is 0 Å². The average molecular weight is 211 g/mol. The van der Waals surface area contributed by atoms with E-state index in [0.29, 0.717) is 0 Å². The fourth-order valence-electron chi connectivity index (χ4n) is 3.14. The highest BCUT2D eigenvalue weighted by Crippen LogP contribution is 2.46. The Balaban J connectivity index is 1.92. The maximum Gasteiger partial charge on any atom is 0.314 e. The third kappa shape index (κ3) is 1.01. The van der Waals surface area contributed by atoms with Gasteiger partial charge >= 0.3 is 11.9 Å². The Labute approximate surface area is 87.1 Å². The second-order valence-corrected chi connectivity index (χ2v) is 4.58. The smallest absolute Gasteiger partial charge is 0.314 e. The van der Waals surface area contributed by atoms with Crippen LogP contribution in [-0.4, -0.2) is 36.2 Å². The molecule has 5 nitrogen and oxygen atoms in total. The number of carbonyl (C=O) groups excluding carboxylic acids is 2. The van der Waals surface area contributed by atoms with E-state index in [-0.39, 0.29) is 48.1 Å². The predicted molar refractivity (Wildman–Crippen MR) is 48.8 cm³/mol. The molecule has 3 heterocycles. The van der Waals surface area contributed by atoms with E-state index in [4.69, 9.17) is 9.47 Å². The minimum Gasteiger partial charge on any atom is -0.460 e. The second-order valence-electron chi connectivity index (χ2n) is 4.58. The Hall–Kier alpha value is -1.10. The highest BCUT2D eigenvalue weighted by molar-refractivity contribution is 5.79. The molecule has 6 atom stereocenters. The summed E-state index contributed by atoms with van der Waals surface area (Å²) in [4.78, 5) is 22.5. The minimum atomic E-state index is -0.339. The van der Waals surface area contributed by atoms with Crippen molar-refractivity contribution in [3.63, 3.8) is 0 Å². The van der Waals surface area contributed by atoms with Gasteiger partial charge in [0.15, 0.2) is 0 Å². The molecule has 3 rings (SSSR count). The average Bonchev–Trinajstić information content (AvgIpc) is 2.70. The highest BCUT2D eigenvalue weighted by atomic mass is 16.6. The van der Waals surface area contributed by atoms with E-state index in [0.717, 1.165) is 0 Å². The van der Waals surface area contributed by atoms with Gasteiger partial charge in [-0.3, -0.25) is 9.59 Å². The van der Waals surface area contributed by atoms with Crippen LogP contribution in [0.4, 0.5) is 0 Å². The topological polar surface area (TPSA) is 64.6 Å². The molecule has 1 N–H and O–H groups in total. The fourth-order valence-corrected chi connectivity index (χ4v) is 3.14. The number of nitrogens with one attached hydrogen (secondary N) is 1. The van der Waals surface area contributed by atoms with Gasteiger partial charge in [-0.1, -0.05) is 6.92 Å². The molecular weight excluding hydrogens is 198 g/mol. The molecule has 5 unspecified atom stereocenters. The maximum atomic E-state index is 11.6. The van der Waals surface area contributed by atoms with Crippen LogP contribution in [0.2, 0.25) is 0 Å². The normalized spacial score (nSPS) is 50.7. The number of hydrogen-bond acceptors (Lipinski definition) is 5. The van der Waals surface area contributed by atoms with Crippen LogP contribution in [0.3, 0.4) is 0 Å². The van der Waals surface area contributed by atoms with Crippen molar-refractivity contribution in [1.82, 2.24) is 5.32 Å². The lowest BCUT2D eigenvalue weighted by molar-refractivity contribution is -0.153. The van der Waals surface area contributed by atoms with E-state index in [2.05, 4.69) is 5.32 Å². The van der Waals surface area contributed by atoms with E-state index >= 15 is 0 Å². The first-order valence-electron chi connectivity index (χ1n) is 5.23. The summed E-state index contributed by atoms with van der Waals surface area (Å²) in [7, 11) is 0. The summed E-state index contributed by atoms with van der Waals surface area (Å²) in [6, 6.07) is 0.113. The highest BCUT2D eigenvalue weighted by Gasteiger charge is 2.66. The molecule has 0 aromatic rings. The maximum absolute atomic E-state index is 11.6. The van der Waals surface area contributed by atoms with E-state index < -0.39 is 0 Å². The van der Waals surface area contributed by atoms with Gasteiger partial charge < -0.3 is 14.8 Å². The van der Waals surface area contributed by atoms with Crippen LogP contribution in [-0.2, 0) is 19.1 Å². The van der Waals surface area contributed by atoms with Crippen LogP contribution in [0.1, 0.15) is 13.8 Å². The molecule has 5 heteroatoms. The molecule has 82 valence electrons. The Morgan fingerprint density at radius 1 is 1.47 bits per heavy atom. The largest absolute Gasteiger partial charge is 0.460 e. The molecule has 3 saturated heterocycles. The predicted octanol–water partition coefficient (Wildman–Crippen LogP) is -0.550. The van der Waals surface area contributed by atoms with Gasteiger partial charge in [0.1, 0.15) is 18.1 Å². The van der Waals surface area contributed by atoms with Crippen LogP contribution < -0.4 is 5.32 Å². The summed E-state index contributed by atoms with van der Waals surface area (Å²) in [5, 5.41) is 3.30. The van der Waals surface area contributed by atoms with E-state index in [1.165, 1.54) is 6.92 Å². The molecule has 0 aliphatic carbocycles. The van der Waals surface area contributed by atoms with Crippen LogP contribution in [0.5, 0.6) is 0 Å². The van der Waals surface area contributed by atoms with E-state index in [1.54, 1.807) is 0 Å². The van der Waals surface area contributed by atoms with Gasteiger partial charge in [-0.05, 0) is 0 Å². The van der Waals surface area contributed by atoms with Crippen molar-refractivity contribution < 1.29 is 19.1 Å². The van der Waals surface area contributed by atoms with Gasteiger partial charge in [0, 0.05) is 12.8 Å². The molecule has 0 saturated carbocycles. The lowest BCUT2D eigenvalue weighted by atomic mass is 9.81. The van der Waals surface area contributed by atoms with Gasteiger partial charge in [-0.2, -0.15) is 0 Å². The molecule has 0 amide bonds. The van der Waals surface area contributed by atoms with Gasteiger partial charge in [-0.25, -0.2) is 0 Å². The van der Waals surface area contributed by atoms with Crippen molar-refractivity contribution in [2.45, 2.75) is 38.1 Å². The van der Waals surface area contributed by atoms with Crippen molar-refractivity contribution in [3.05, 3.63) is 0 Å². The van der Waals surface area contributed by atoms with Crippen LogP contribution in [0.25, 0.3) is 0 Å². The summed E-state index contributed by atoms with van der Waals surface area (Å²) in [6.45, 7) is 3.39. The number of hydrogen-bond donors (Lipinski definition) is 1. The molecule has 0 aromatic carbocycles. The molecule has 2 bridgehead atoms. The minimum absolute atomic E-state index is 0.0284. The summed E-state index contributed by atoms with van der Waals surface area (Å²) in [5.74, 6) is -0.629. The molecule has 0 radical (unpaired) electrons. The summed E-state index contributed by atoms with van der Waals surface area (Å²) in [6.07, 6.45) is -0.368. The Bertz CT molecular complexity index is 342. The zero-order chi connectivity index (χ0) is 10.7. The zero-order valence-electron chi connectivity index (χ0n) is 8.60. The first-order valence-corrected chi connectivity index (χ1v) is 5.23. The Morgan fingerprint density at radius 3 is 2.87 bits per heavy atom. The SMILES string of the molecule is CC(=O)OC1C2C(=O)OC3C2NC1[C@H]3C. The fraction of sp³-hybridized carbons (Fsp3) is 0.800. The number of carbonyl (C=O) groups is 2. The molecule has 3 aliphatic rings. The molecule has 0 spiro atoms. The third-order valence-corrected chi connectivity index (χ3v) is 3.74. The van der Waals surface area contributed by atoms with Gasteiger partial charge in [0.2, 0.25) is 0 Å². The summed E-state index contributed by atoms with van der Waals surface area (Å²) in [5.41, 5.74) is 0. The van der Waals surface area contributed by atoms with Crippen molar-refractivity contribution >= 4 is 11.9 Å². The molecule has 15 heavy (non-hydrogen) atoms. The summed E-state index contributed by atoms with van der Waals surface area (Å²) >= 11 is 0. The molecule has 0 aromatic heterocycles. The van der Waals surface area contributed by atoms with Gasteiger partial charge in [0.05, 0.1) is 12.1 Å². The van der Waals surface area contributed by atoms with Crippen LogP contribution >= 0.6 is 0 Å². The zero-order valence-corrected chi connectivity index (χ0v) is 8.60. The van der Waals surface area contributed by atoms with Crippen molar-refractivity contribution in [3.8, 4) is 0 Å². The number of fused-ring (bicyclic) bond motifs is 1. The first kappa shape index (κ1) is 9.15. The first-order chi connectivity index (χ1) is 7.09. The number of rotatable bonds is 1. The van der Waals surface area contributed by atoms with Crippen LogP contribution in [0.15, 0.2) is 0 Å². The number of esters is 2. The van der Waals surface area contributed by atoms with Crippen molar-refractivity contribution in [2.24, 2.45) is 11.8 Å². The quantitative estimate of drug-likeness (QED) is 0.589. The Kier molecular flexibility index (Phi) is 1.66. The van der Waals surface area contributed by atoms with E-state index in [9.17, 15) is 9.59 Å². The summed E-state index contributed by atoms with van der Waals surface area (Å²) < 4.78 is 10.5. The molecule has 3 aliphatic heterocycles. The van der Waals surface area contributed by atoms with E-state index in [1.807, 2.05) is 6.92 Å². The van der Waals surface area contributed by atoms with Gasteiger partial charge in [-0.15, -0.1) is 0 Å².